The maximum atomic E-state index is 11.6. The van der Waals surface area contributed by atoms with Crippen molar-refractivity contribution >= 4 is 5.97 Å². The van der Waals surface area contributed by atoms with Crippen molar-refractivity contribution in [2.75, 3.05) is 0 Å². The quantitative estimate of drug-likeness (QED) is 0.723. The maximum Gasteiger partial charge on any atom is 0.303 e. The number of ether oxygens (including phenoxy) is 1. The largest absolute Gasteiger partial charge is 0.458 e. The summed E-state index contributed by atoms with van der Waals surface area (Å²) < 4.78 is 5.79. The van der Waals surface area contributed by atoms with Gasteiger partial charge in [0.2, 0.25) is 0 Å². The lowest BCUT2D eigenvalue weighted by Crippen LogP contribution is -2.78. The van der Waals surface area contributed by atoms with Gasteiger partial charge in [0.15, 0.2) is 0 Å². The molecule has 3 unspecified atom stereocenters. The Balaban J connectivity index is 1.97. The maximum absolute atomic E-state index is 11.6. The second kappa shape index (κ2) is 4.99. The van der Waals surface area contributed by atoms with E-state index in [4.69, 9.17) is 4.74 Å². The summed E-state index contributed by atoms with van der Waals surface area (Å²) in [7, 11) is 0. The van der Waals surface area contributed by atoms with Crippen molar-refractivity contribution in [3.05, 3.63) is 0 Å². The molecule has 3 aliphatic carbocycles. The first-order chi connectivity index (χ1) is 9.52. The molecule has 0 heterocycles. The summed E-state index contributed by atoms with van der Waals surface area (Å²) in [5.74, 6) is -0.420. The Hall–Kier alpha value is -0.610. The van der Waals surface area contributed by atoms with Crippen LogP contribution in [0.1, 0.15) is 64.7 Å². The van der Waals surface area contributed by atoms with Crippen LogP contribution in [-0.4, -0.2) is 33.5 Å². The second-order valence-corrected chi connectivity index (χ2v) is 6.94. The van der Waals surface area contributed by atoms with Crippen LogP contribution in [0.25, 0.3) is 0 Å². The molecule has 0 aromatic heterocycles. The van der Waals surface area contributed by atoms with Gasteiger partial charge >= 0.3 is 5.97 Å². The normalized spacial score (nSPS) is 48.0. The fourth-order valence-electron chi connectivity index (χ4n) is 5.24. The fourth-order valence-corrected chi connectivity index (χ4v) is 5.24. The van der Waals surface area contributed by atoms with Gasteiger partial charge in [-0.05, 0) is 32.1 Å². The zero-order chi connectivity index (χ0) is 14.4. The summed E-state index contributed by atoms with van der Waals surface area (Å²) in [6.45, 7) is 1.46. The zero-order valence-corrected chi connectivity index (χ0v) is 12.3. The molecule has 0 aromatic carbocycles. The number of aliphatic hydroxyl groups excluding tert-OH is 1. The second-order valence-electron chi connectivity index (χ2n) is 6.94. The van der Waals surface area contributed by atoms with Crippen LogP contribution in [0, 0.1) is 11.8 Å². The Labute approximate surface area is 120 Å². The topological polar surface area (TPSA) is 66.8 Å². The number of carbonyl (C=O) groups is 1. The molecule has 0 saturated heterocycles. The van der Waals surface area contributed by atoms with E-state index in [9.17, 15) is 15.0 Å². The number of esters is 1. The minimum absolute atomic E-state index is 0.0838. The van der Waals surface area contributed by atoms with Gasteiger partial charge in [-0.1, -0.05) is 25.7 Å². The van der Waals surface area contributed by atoms with E-state index in [1.165, 1.54) is 6.92 Å². The van der Waals surface area contributed by atoms with Crippen LogP contribution in [0.4, 0.5) is 0 Å². The number of rotatable bonds is 1. The fraction of sp³-hybridized carbons (Fsp3) is 0.938. The molecule has 3 fully saturated rings. The molecule has 3 aliphatic rings. The van der Waals surface area contributed by atoms with Crippen LogP contribution < -0.4 is 0 Å². The molecular formula is C16H26O4. The van der Waals surface area contributed by atoms with Crippen molar-refractivity contribution in [3.63, 3.8) is 0 Å². The van der Waals surface area contributed by atoms with Gasteiger partial charge in [0.1, 0.15) is 11.2 Å². The summed E-state index contributed by atoms with van der Waals surface area (Å²) in [5, 5.41) is 21.6. The van der Waals surface area contributed by atoms with Crippen molar-refractivity contribution in [2.45, 2.75) is 82.0 Å². The molecule has 0 radical (unpaired) electrons. The van der Waals surface area contributed by atoms with E-state index in [-0.39, 0.29) is 17.8 Å². The Morgan fingerprint density at radius 3 is 2.30 bits per heavy atom. The van der Waals surface area contributed by atoms with Crippen LogP contribution in [0.3, 0.4) is 0 Å². The van der Waals surface area contributed by atoms with Gasteiger partial charge in [0.25, 0.3) is 0 Å². The summed E-state index contributed by atoms with van der Waals surface area (Å²) in [6.07, 6.45) is 7.73. The van der Waals surface area contributed by atoms with Crippen LogP contribution in [0.2, 0.25) is 0 Å². The summed E-state index contributed by atoms with van der Waals surface area (Å²) in [5.41, 5.74) is -1.54. The van der Waals surface area contributed by atoms with E-state index >= 15 is 0 Å². The van der Waals surface area contributed by atoms with Crippen molar-refractivity contribution in [3.8, 4) is 0 Å². The standard InChI is InChI=1S/C16H26O4/c1-11(17)20-15-10-6-2-3-7-12(15)16(19)13(15)8-4-5-9-14(16)18/h12-14,18-19H,2-10H2,1H3/t12?,13-,14?,15+,16?/m0/s1. The lowest BCUT2D eigenvalue weighted by molar-refractivity contribution is -0.324. The highest BCUT2D eigenvalue weighted by molar-refractivity contribution is 5.67. The van der Waals surface area contributed by atoms with Gasteiger partial charge in [-0.2, -0.15) is 0 Å². The lowest BCUT2D eigenvalue weighted by atomic mass is 9.46. The van der Waals surface area contributed by atoms with Crippen molar-refractivity contribution in [1.29, 1.82) is 0 Å². The molecular weight excluding hydrogens is 256 g/mol. The molecule has 2 N–H and O–H groups in total. The van der Waals surface area contributed by atoms with Crippen molar-refractivity contribution in [2.24, 2.45) is 11.8 Å². The number of fused-ring (bicyclic) bond motifs is 4. The first kappa shape index (κ1) is 14.3. The van der Waals surface area contributed by atoms with E-state index in [1.807, 2.05) is 0 Å². The van der Waals surface area contributed by atoms with Crippen molar-refractivity contribution < 1.29 is 19.7 Å². The Bertz CT molecular complexity index is 382. The average molecular weight is 282 g/mol. The van der Waals surface area contributed by atoms with E-state index in [0.717, 1.165) is 51.4 Å². The third-order valence-corrected chi connectivity index (χ3v) is 5.94. The minimum atomic E-state index is -1.03. The third-order valence-electron chi connectivity index (χ3n) is 5.94. The third kappa shape index (κ3) is 1.84. The van der Waals surface area contributed by atoms with Crippen molar-refractivity contribution in [1.82, 2.24) is 0 Å². The van der Waals surface area contributed by atoms with Crippen LogP contribution in [0.5, 0.6) is 0 Å². The smallest absolute Gasteiger partial charge is 0.303 e. The molecule has 5 atom stereocenters. The molecule has 4 heteroatoms. The molecule has 3 saturated carbocycles. The molecule has 3 rings (SSSR count). The predicted octanol–water partition coefficient (Wildman–Crippen LogP) is 2.16. The molecule has 20 heavy (non-hydrogen) atoms. The van der Waals surface area contributed by atoms with E-state index in [2.05, 4.69) is 0 Å². The molecule has 4 nitrogen and oxygen atoms in total. The van der Waals surface area contributed by atoms with E-state index in [0.29, 0.717) is 6.42 Å². The Morgan fingerprint density at radius 2 is 1.65 bits per heavy atom. The summed E-state index contributed by atoms with van der Waals surface area (Å²) in [4.78, 5) is 11.6. The van der Waals surface area contributed by atoms with Gasteiger partial charge in [0, 0.05) is 18.8 Å². The number of hydrogen-bond acceptors (Lipinski definition) is 4. The van der Waals surface area contributed by atoms with Gasteiger partial charge in [-0.15, -0.1) is 0 Å². The molecule has 114 valence electrons. The molecule has 0 aromatic rings. The van der Waals surface area contributed by atoms with Gasteiger partial charge < -0.3 is 14.9 Å². The molecule has 0 bridgehead atoms. The Morgan fingerprint density at radius 1 is 1.05 bits per heavy atom. The SMILES string of the molecule is CC(=O)O[C@]12CCCCCC1C1(O)C(O)CCCC[C@H]12. The average Bonchev–Trinajstić information content (AvgIpc) is 2.64. The van der Waals surface area contributed by atoms with Gasteiger partial charge in [-0.3, -0.25) is 4.79 Å². The summed E-state index contributed by atoms with van der Waals surface area (Å²) >= 11 is 0. The highest BCUT2D eigenvalue weighted by Crippen LogP contribution is 2.64. The van der Waals surface area contributed by atoms with Crippen LogP contribution in [0.15, 0.2) is 0 Å². The van der Waals surface area contributed by atoms with Crippen LogP contribution in [-0.2, 0) is 9.53 Å². The molecule has 0 spiro atoms. The zero-order valence-electron chi connectivity index (χ0n) is 12.3. The lowest BCUT2D eigenvalue weighted by Gasteiger charge is -2.65. The number of carbonyl (C=O) groups excluding carboxylic acids is 1. The Kier molecular flexibility index (Phi) is 3.57. The van der Waals surface area contributed by atoms with Crippen LogP contribution >= 0.6 is 0 Å². The first-order valence-corrected chi connectivity index (χ1v) is 8.12. The summed E-state index contributed by atoms with van der Waals surface area (Å²) in [6, 6.07) is 0. The van der Waals surface area contributed by atoms with Gasteiger partial charge in [0.05, 0.1) is 6.10 Å². The molecule has 0 aliphatic heterocycles. The predicted molar refractivity (Wildman–Crippen MR) is 74.0 cm³/mol. The monoisotopic (exact) mass is 282 g/mol. The highest BCUT2D eigenvalue weighted by Gasteiger charge is 2.74. The molecule has 0 amide bonds. The number of hydrogen-bond donors (Lipinski definition) is 2. The van der Waals surface area contributed by atoms with E-state index in [1.54, 1.807) is 0 Å². The van der Waals surface area contributed by atoms with E-state index < -0.39 is 17.3 Å². The minimum Gasteiger partial charge on any atom is -0.458 e. The van der Waals surface area contributed by atoms with Gasteiger partial charge in [-0.25, -0.2) is 0 Å². The highest BCUT2D eigenvalue weighted by atomic mass is 16.6. The number of aliphatic hydroxyl groups is 2. The first-order valence-electron chi connectivity index (χ1n) is 8.12.